The molecule has 1 aliphatic rings. The van der Waals surface area contributed by atoms with Gasteiger partial charge in [0.1, 0.15) is 28.7 Å². The van der Waals surface area contributed by atoms with Gasteiger partial charge in [-0.2, -0.15) is 13.2 Å². The summed E-state index contributed by atoms with van der Waals surface area (Å²) >= 11 is 0. The third kappa shape index (κ3) is 7.87. The van der Waals surface area contributed by atoms with Gasteiger partial charge in [-0.1, -0.05) is 6.58 Å². The summed E-state index contributed by atoms with van der Waals surface area (Å²) in [7, 11) is 8.34. The van der Waals surface area contributed by atoms with Gasteiger partial charge in [0.05, 0.1) is 31.7 Å². The Morgan fingerprint density at radius 3 is 2.38 bits per heavy atom. The molecule has 1 amide bonds. The number of nitrogens with two attached hydrogens (primary N) is 1. The predicted octanol–water partition coefficient (Wildman–Crippen LogP) is 4.03. The molecule has 0 aliphatic carbocycles. The smallest absolute Gasteiger partial charge is 0.420 e. The number of nitrogens with zero attached hydrogens (tertiary/aromatic N) is 5. The molecule has 224 valence electrons. The molecule has 0 unspecified atom stereocenters. The van der Waals surface area contributed by atoms with Crippen LogP contribution < -0.4 is 25.8 Å². The molecule has 0 atom stereocenters. The number of methoxy groups -OCH3 is 2. The maximum atomic E-state index is 13.4. The number of carbonyl (C=O) groups is 1. The van der Waals surface area contributed by atoms with Crippen LogP contribution in [0.4, 0.5) is 24.5 Å². The van der Waals surface area contributed by atoms with Crippen molar-refractivity contribution >= 4 is 35.2 Å². The van der Waals surface area contributed by atoms with Gasteiger partial charge < -0.3 is 35.6 Å². The quantitative estimate of drug-likeness (QED) is 0.383. The van der Waals surface area contributed by atoms with E-state index in [2.05, 4.69) is 32.2 Å². The summed E-state index contributed by atoms with van der Waals surface area (Å²) in [5.41, 5.74) is 6.42. The lowest BCUT2D eigenvalue weighted by Gasteiger charge is -2.23. The Bertz CT molecular complexity index is 1450. The van der Waals surface area contributed by atoms with E-state index in [4.69, 9.17) is 15.2 Å². The number of ether oxygens (including phenoxy) is 2. The number of amides is 1. The first-order valence-electron chi connectivity index (χ1n) is 12.6. The van der Waals surface area contributed by atoms with Gasteiger partial charge in [-0.15, -0.1) is 0 Å². The van der Waals surface area contributed by atoms with Gasteiger partial charge in [0.25, 0.3) is 5.91 Å². The zero-order valence-corrected chi connectivity index (χ0v) is 23.9. The van der Waals surface area contributed by atoms with Crippen LogP contribution >= 0.6 is 0 Å². The number of carbonyl (C=O) groups excluding carboxylic acids is 1. The van der Waals surface area contributed by atoms with E-state index in [1.165, 1.54) is 43.8 Å². The van der Waals surface area contributed by atoms with E-state index < -0.39 is 17.6 Å². The normalized spacial score (nSPS) is 15.3. The minimum Gasteiger partial charge on any atom is -0.496 e. The predicted molar refractivity (Wildman–Crippen MR) is 159 cm³/mol. The zero-order valence-electron chi connectivity index (χ0n) is 23.9. The van der Waals surface area contributed by atoms with Crippen molar-refractivity contribution in [3.8, 4) is 11.5 Å². The second kappa shape index (κ2) is 13.7. The van der Waals surface area contributed by atoms with Crippen molar-refractivity contribution in [1.82, 2.24) is 9.80 Å². The average Bonchev–Trinajstić information content (AvgIpc) is 2.95. The van der Waals surface area contributed by atoms with E-state index in [1.54, 1.807) is 0 Å². The summed E-state index contributed by atoms with van der Waals surface area (Å²) in [4.78, 5) is 30.1. The molecular weight excluding hydrogens is 553 g/mol. The molecule has 0 saturated heterocycles. The molecule has 0 aromatic heterocycles. The highest BCUT2D eigenvalue weighted by Gasteiger charge is 2.34. The summed E-state index contributed by atoms with van der Waals surface area (Å²) in [6, 6.07) is 7.69. The minimum absolute atomic E-state index is 0.0629. The molecule has 0 fully saturated rings. The second-order valence-electron chi connectivity index (χ2n) is 9.26. The molecule has 1 heterocycles. The third-order valence-electron chi connectivity index (χ3n) is 5.96. The molecule has 0 saturated carbocycles. The summed E-state index contributed by atoms with van der Waals surface area (Å²) < 4.78 is 50.5. The van der Waals surface area contributed by atoms with Crippen molar-refractivity contribution in [2.24, 2.45) is 20.7 Å². The Morgan fingerprint density at radius 1 is 1.07 bits per heavy atom. The average molecular weight is 587 g/mol. The molecule has 0 spiro atoms. The Hall–Kier alpha value is -4.85. The summed E-state index contributed by atoms with van der Waals surface area (Å²) in [5, 5.41) is 5.49. The van der Waals surface area contributed by atoms with Gasteiger partial charge >= 0.3 is 6.18 Å². The number of nitrogens with one attached hydrogen (secondary N) is 2. The number of likely N-dealkylation sites (N-methyl/N-ethyl adjacent to an activating group) is 2. The molecule has 2 aromatic rings. The molecule has 3 rings (SSSR count). The number of allylic oxidation sites excluding steroid dienone is 1. The largest absolute Gasteiger partial charge is 0.496 e. The van der Waals surface area contributed by atoms with Crippen molar-refractivity contribution in [2.75, 3.05) is 59.1 Å². The van der Waals surface area contributed by atoms with E-state index >= 15 is 0 Å². The lowest BCUT2D eigenvalue weighted by Crippen LogP contribution is -2.35. The Kier molecular flexibility index (Phi) is 10.3. The monoisotopic (exact) mass is 586 g/mol. The van der Waals surface area contributed by atoms with Crippen LogP contribution in [0.2, 0.25) is 0 Å². The lowest BCUT2D eigenvalue weighted by atomic mass is 10.1. The number of guanidine groups is 1. The van der Waals surface area contributed by atoms with Crippen LogP contribution in [-0.2, 0) is 6.18 Å². The first kappa shape index (κ1) is 31.7. The molecule has 0 bridgehead atoms. The van der Waals surface area contributed by atoms with Crippen molar-refractivity contribution in [2.45, 2.75) is 6.18 Å². The standard InChI is InChI=1S/C28H33F3N8O3/c1-7-33-21-16-34-27(39(4)13-12-38(2)3)37-24(21)25(32)36-20-14-17(8-10-23(20)42-6)26(40)35-18-9-11-22(41-5)19(15-18)28(29,30)31/h7-11,14-16,36H,1,12-13,32H2,2-6H3,(H,35,40)/b25-24-,33-21-. The highest BCUT2D eigenvalue weighted by atomic mass is 19.4. The number of hydrogen-bond donors (Lipinski definition) is 3. The number of halogens is 3. The van der Waals surface area contributed by atoms with Gasteiger partial charge in [0.15, 0.2) is 0 Å². The summed E-state index contributed by atoms with van der Waals surface area (Å²) in [5.74, 6) is -0.176. The van der Waals surface area contributed by atoms with E-state index in [9.17, 15) is 18.0 Å². The number of benzene rings is 2. The van der Waals surface area contributed by atoms with Crippen LogP contribution in [0, 0.1) is 0 Å². The highest BCUT2D eigenvalue weighted by Crippen LogP contribution is 2.38. The van der Waals surface area contributed by atoms with Crippen LogP contribution in [0.3, 0.4) is 0 Å². The molecule has 1 aliphatic heterocycles. The van der Waals surface area contributed by atoms with E-state index in [1.807, 2.05) is 30.9 Å². The van der Waals surface area contributed by atoms with E-state index in [0.717, 1.165) is 25.8 Å². The van der Waals surface area contributed by atoms with E-state index in [0.29, 0.717) is 29.7 Å². The van der Waals surface area contributed by atoms with Gasteiger partial charge in [-0.3, -0.25) is 9.79 Å². The second-order valence-corrected chi connectivity index (χ2v) is 9.26. The van der Waals surface area contributed by atoms with Crippen LogP contribution in [0.15, 0.2) is 75.7 Å². The highest BCUT2D eigenvalue weighted by molar-refractivity contribution is 6.41. The first-order valence-corrected chi connectivity index (χ1v) is 12.6. The van der Waals surface area contributed by atoms with Gasteiger partial charge in [0.2, 0.25) is 5.96 Å². The maximum Gasteiger partial charge on any atom is 0.420 e. The molecule has 11 nitrogen and oxygen atoms in total. The van der Waals surface area contributed by atoms with Crippen LogP contribution in [0.5, 0.6) is 11.5 Å². The SMILES string of the molecule is C=C/N=C1/C=NC(N(C)CCN(C)C)=N/C1=C(/N)Nc1cc(C(=O)Nc2ccc(OC)c(C(F)(F)F)c2)ccc1OC. The van der Waals surface area contributed by atoms with Gasteiger partial charge in [0, 0.05) is 37.6 Å². The van der Waals surface area contributed by atoms with Crippen LogP contribution in [0.25, 0.3) is 0 Å². The zero-order chi connectivity index (χ0) is 31.0. The third-order valence-corrected chi connectivity index (χ3v) is 5.96. The topological polar surface area (TPSA) is 129 Å². The lowest BCUT2D eigenvalue weighted by molar-refractivity contribution is -0.138. The molecule has 2 aromatic carbocycles. The van der Waals surface area contributed by atoms with Gasteiger partial charge in [-0.05, 0) is 50.5 Å². The Balaban J connectivity index is 1.93. The number of alkyl halides is 3. The van der Waals surface area contributed by atoms with Crippen molar-refractivity contribution in [1.29, 1.82) is 0 Å². The fourth-order valence-corrected chi connectivity index (χ4v) is 3.75. The van der Waals surface area contributed by atoms with Crippen molar-refractivity contribution < 1.29 is 27.4 Å². The summed E-state index contributed by atoms with van der Waals surface area (Å²) in [6.07, 6.45) is -1.82. The Morgan fingerprint density at radius 2 is 1.76 bits per heavy atom. The Labute approximate surface area is 241 Å². The van der Waals surface area contributed by atoms with Gasteiger partial charge in [-0.25, -0.2) is 9.98 Å². The van der Waals surface area contributed by atoms with Crippen molar-refractivity contribution in [3.63, 3.8) is 0 Å². The van der Waals surface area contributed by atoms with Crippen molar-refractivity contribution in [3.05, 3.63) is 71.8 Å². The molecule has 14 heteroatoms. The molecule has 0 radical (unpaired) electrons. The van der Waals surface area contributed by atoms with E-state index in [-0.39, 0.29) is 28.5 Å². The molecule has 4 N–H and O–H groups in total. The van der Waals surface area contributed by atoms with Crippen LogP contribution in [-0.4, -0.2) is 82.0 Å². The summed E-state index contributed by atoms with van der Waals surface area (Å²) in [6.45, 7) is 5.05. The maximum absolute atomic E-state index is 13.4. The first-order chi connectivity index (χ1) is 19.9. The van der Waals surface area contributed by atoms with Crippen LogP contribution in [0.1, 0.15) is 15.9 Å². The fourth-order valence-electron chi connectivity index (χ4n) is 3.75. The number of rotatable bonds is 10. The molecule has 42 heavy (non-hydrogen) atoms. The number of anilines is 2. The fraction of sp³-hybridized carbons (Fsp3) is 0.286. The number of hydrogen-bond acceptors (Lipinski definition) is 10. The minimum atomic E-state index is -4.67. The number of aliphatic imine (C=N–C) groups is 3. The molecular formula is C28H33F3N8O3.